The summed E-state index contributed by atoms with van der Waals surface area (Å²) in [6.45, 7) is 5.10. The Morgan fingerprint density at radius 3 is 1.22 bits per heavy atom. The lowest BCUT2D eigenvalue weighted by atomic mass is 10.1. The van der Waals surface area contributed by atoms with Gasteiger partial charge in [0.1, 0.15) is 0 Å². The third-order valence-electron chi connectivity index (χ3n) is 10.4. The van der Waals surface area contributed by atoms with E-state index in [0.29, 0.717) is 53.3 Å². The molecule has 0 amide bonds. The Bertz CT molecular complexity index is 3040. The monoisotopic (exact) mass is 979 g/mol. The summed E-state index contributed by atoms with van der Waals surface area (Å²) in [5.41, 5.74) is 5.57. The van der Waals surface area contributed by atoms with Gasteiger partial charge in [-0.05, 0) is 70.8 Å². The fourth-order valence-electron chi connectivity index (χ4n) is 6.92. The molecule has 2 heterocycles. The van der Waals surface area contributed by atoms with Crippen LogP contribution < -0.4 is 8.61 Å². The number of sulfonamides is 2. The van der Waals surface area contributed by atoms with Crippen molar-refractivity contribution >= 4 is 31.4 Å². The van der Waals surface area contributed by atoms with E-state index in [1.807, 2.05) is 66.7 Å². The van der Waals surface area contributed by atoms with Crippen LogP contribution in [0.4, 0.5) is 28.9 Å². The van der Waals surface area contributed by atoms with E-state index in [4.69, 9.17) is 8.83 Å². The Morgan fingerprint density at radius 1 is 0.478 bits per heavy atom. The topological polar surface area (TPSA) is 156 Å². The number of hydrogen-bond acceptors (Lipinski definition) is 11. The number of alkyl halides is 4. The molecule has 0 atom stereocenters. The molecule has 8 rings (SSSR count). The van der Waals surface area contributed by atoms with Crippen LogP contribution in [0, 0.1) is 0 Å². The van der Waals surface area contributed by atoms with E-state index in [0.717, 1.165) is 16.5 Å². The number of benzene rings is 6. The van der Waals surface area contributed by atoms with Crippen molar-refractivity contribution in [3.05, 3.63) is 216 Å². The van der Waals surface area contributed by atoms with Crippen LogP contribution in [0.1, 0.15) is 46.9 Å². The molecule has 0 fully saturated rings. The molecule has 0 aliphatic heterocycles. The smallest absolute Gasteiger partial charge is 0.314 e. The lowest BCUT2D eigenvalue weighted by Gasteiger charge is -2.27. The van der Waals surface area contributed by atoms with Crippen molar-refractivity contribution in [3.63, 3.8) is 0 Å². The lowest BCUT2D eigenvalue weighted by molar-refractivity contribution is 0.115. The largest absolute Gasteiger partial charge is 0.415 e. The SMILES string of the molecule is C=CS(=O)(=O)N(Cc1ccc(-c2nnc(C(F)F)o2)cc1)c1ccccc1.O=S(=O)(CCN(Cc1ccccc1)Cc1ccccc1)N(Cc1ccc(-c2nnc(C(F)F)o2)cc1)c1ccccc1. The van der Waals surface area contributed by atoms with E-state index in [2.05, 4.69) is 31.9 Å². The van der Waals surface area contributed by atoms with Gasteiger partial charge in [0.05, 0.1) is 30.2 Å². The van der Waals surface area contributed by atoms with E-state index >= 15 is 0 Å². The first kappa shape index (κ1) is 49.4. The second kappa shape index (κ2) is 23.0. The van der Waals surface area contributed by atoms with Gasteiger partial charge in [-0.3, -0.25) is 13.5 Å². The fraction of sp³-hybridized carbons (Fsp3) is 0.160. The normalized spacial score (nSPS) is 11.6. The molecular weight excluding hydrogens is 935 g/mol. The first-order chi connectivity index (χ1) is 33.3. The maximum atomic E-state index is 13.9. The Labute approximate surface area is 397 Å². The summed E-state index contributed by atoms with van der Waals surface area (Å²) < 4.78 is 116. The predicted molar refractivity (Wildman–Crippen MR) is 255 cm³/mol. The van der Waals surface area contributed by atoms with Gasteiger partial charge in [0, 0.05) is 36.2 Å². The van der Waals surface area contributed by atoms with Crippen LogP contribution in [-0.2, 0) is 46.2 Å². The summed E-state index contributed by atoms with van der Waals surface area (Å²) in [6, 6.07) is 50.8. The molecule has 0 unspecified atom stereocenters. The Morgan fingerprint density at radius 2 is 0.841 bits per heavy atom. The molecule has 13 nitrogen and oxygen atoms in total. The zero-order valence-corrected chi connectivity index (χ0v) is 38.4. The summed E-state index contributed by atoms with van der Waals surface area (Å²) >= 11 is 0. The van der Waals surface area contributed by atoms with E-state index in [-0.39, 0.29) is 30.6 Å². The van der Waals surface area contributed by atoms with Crippen LogP contribution in [0.5, 0.6) is 0 Å². The third-order valence-corrected chi connectivity index (χ3v) is 13.5. The van der Waals surface area contributed by atoms with Crippen molar-refractivity contribution in [2.45, 2.75) is 39.0 Å². The number of nitrogens with zero attached hydrogens (tertiary/aromatic N) is 7. The maximum Gasteiger partial charge on any atom is 0.314 e. The van der Waals surface area contributed by atoms with E-state index in [1.54, 1.807) is 103 Å². The molecule has 2 aromatic heterocycles. The molecule has 69 heavy (non-hydrogen) atoms. The second-order valence-corrected chi connectivity index (χ2v) is 19.1. The summed E-state index contributed by atoms with van der Waals surface area (Å²) in [7, 11) is -7.46. The third kappa shape index (κ3) is 13.6. The lowest BCUT2D eigenvalue weighted by Crippen LogP contribution is -2.37. The molecule has 0 bridgehead atoms. The highest BCUT2D eigenvalue weighted by molar-refractivity contribution is 7.95. The van der Waals surface area contributed by atoms with Crippen molar-refractivity contribution in [1.82, 2.24) is 25.3 Å². The molecule has 0 N–H and O–H groups in total. The number of para-hydroxylation sites is 2. The highest BCUT2D eigenvalue weighted by atomic mass is 32.2. The van der Waals surface area contributed by atoms with Crippen LogP contribution in [0.2, 0.25) is 0 Å². The van der Waals surface area contributed by atoms with Gasteiger partial charge in [-0.2, -0.15) is 17.6 Å². The Kier molecular flexibility index (Phi) is 16.5. The molecule has 0 saturated carbocycles. The molecule has 0 aliphatic carbocycles. The molecule has 0 saturated heterocycles. The van der Waals surface area contributed by atoms with Gasteiger partial charge in [0.25, 0.3) is 21.8 Å². The zero-order valence-electron chi connectivity index (χ0n) is 36.8. The highest BCUT2D eigenvalue weighted by Crippen LogP contribution is 2.28. The standard InChI is InChI=1S/C32H30F2N4O3S.C18H15F2N3O3S/c33-30(34)32-36-35-31(41-32)28-18-16-27(17-19-28)24-38(29-14-8-3-9-15-29)42(39,40)21-20-37(22-25-10-4-1-5-11-25)23-26-12-6-2-7-13-26;1-2-27(24,25)23(15-6-4-3-5-7-15)12-13-8-10-14(11-9-13)17-21-22-18(26-17)16(19)20/h1-19,30H,20-24H2;2-11,16H,1,12H2. The van der Waals surface area contributed by atoms with Crippen LogP contribution >= 0.6 is 0 Å². The molecule has 8 aromatic rings. The minimum absolute atomic E-state index is 0.0266. The average Bonchev–Trinajstić information content (AvgIpc) is 4.09. The van der Waals surface area contributed by atoms with Crippen LogP contribution in [0.25, 0.3) is 22.9 Å². The van der Waals surface area contributed by atoms with E-state index in [9.17, 15) is 34.4 Å². The minimum atomic E-state index is -3.75. The first-order valence-electron chi connectivity index (χ1n) is 21.3. The van der Waals surface area contributed by atoms with Gasteiger partial charge >= 0.3 is 12.9 Å². The van der Waals surface area contributed by atoms with Gasteiger partial charge in [0.2, 0.25) is 21.8 Å². The number of rotatable bonds is 20. The van der Waals surface area contributed by atoms with Crippen molar-refractivity contribution in [2.75, 3.05) is 20.9 Å². The van der Waals surface area contributed by atoms with Crippen LogP contribution in [-0.4, -0.2) is 54.4 Å². The Hall–Kier alpha value is -7.48. The number of anilines is 2. The van der Waals surface area contributed by atoms with Crippen LogP contribution in [0.3, 0.4) is 0 Å². The molecular formula is C50H45F4N7O6S2. The van der Waals surface area contributed by atoms with Gasteiger partial charge in [0.15, 0.2) is 0 Å². The number of hydrogen-bond donors (Lipinski definition) is 0. The molecule has 6 aromatic carbocycles. The summed E-state index contributed by atoms with van der Waals surface area (Å²) in [5.74, 6) is -1.64. The van der Waals surface area contributed by atoms with Crippen molar-refractivity contribution in [3.8, 4) is 22.9 Å². The number of aromatic nitrogens is 4. The molecule has 0 radical (unpaired) electrons. The number of halogens is 4. The molecule has 0 aliphatic rings. The quantitative estimate of drug-likeness (QED) is 0.0670. The second-order valence-electron chi connectivity index (χ2n) is 15.3. The Balaban J connectivity index is 0.000000224. The van der Waals surface area contributed by atoms with Gasteiger partial charge < -0.3 is 8.83 Å². The highest BCUT2D eigenvalue weighted by Gasteiger charge is 2.25. The van der Waals surface area contributed by atoms with E-state index < -0.39 is 44.7 Å². The fourth-order valence-corrected chi connectivity index (χ4v) is 9.35. The summed E-state index contributed by atoms with van der Waals surface area (Å²) in [4.78, 5) is 2.14. The predicted octanol–water partition coefficient (Wildman–Crippen LogP) is 10.9. The van der Waals surface area contributed by atoms with Gasteiger partial charge in [-0.15, -0.1) is 20.4 Å². The average molecular weight is 980 g/mol. The van der Waals surface area contributed by atoms with Crippen molar-refractivity contribution in [1.29, 1.82) is 0 Å². The molecule has 0 spiro atoms. The molecule has 19 heteroatoms. The van der Waals surface area contributed by atoms with Crippen LogP contribution in [0.15, 0.2) is 191 Å². The van der Waals surface area contributed by atoms with Crippen molar-refractivity contribution in [2.24, 2.45) is 0 Å². The van der Waals surface area contributed by atoms with Crippen molar-refractivity contribution < 1.29 is 43.2 Å². The summed E-state index contributed by atoms with van der Waals surface area (Å²) in [5, 5.41) is 14.8. The zero-order chi connectivity index (χ0) is 48.8. The maximum absolute atomic E-state index is 13.9. The van der Waals surface area contributed by atoms with Gasteiger partial charge in [-0.25, -0.2) is 16.8 Å². The first-order valence-corrected chi connectivity index (χ1v) is 24.4. The van der Waals surface area contributed by atoms with Gasteiger partial charge in [-0.1, -0.05) is 128 Å². The molecule has 356 valence electrons. The van der Waals surface area contributed by atoms with E-state index in [1.165, 1.54) is 8.61 Å². The minimum Gasteiger partial charge on any atom is -0.415 e. The summed E-state index contributed by atoms with van der Waals surface area (Å²) in [6.07, 6.45) is -5.69.